The fourth-order valence-electron chi connectivity index (χ4n) is 1.20. The summed E-state index contributed by atoms with van der Waals surface area (Å²) >= 11 is 0. The van der Waals surface area contributed by atoms with Crippen LogP contribution in [0.25, 0.3) is 0 Å². The number of benzene rings is 1. The highest BCUT2D eigenvalue weighted by atomic mass is 14.1. The lowest BCUT2D eigenvalue weighted by molar-refractivity contribution is 0.865. The van der Waals surface area contributed by atoms with E-state index in [-0.39, 0.29) is 0 Å². The van der Waals surface area contributed by atoms with Crippen LogP contribution in [0.3, 0.4) is 0 Å². The molecule has 64 valence electrons. The second kappa shape index (κ2) is 3.66. The van der Waals surface area contributed by atoms with Crippen molar-refractivity contribution in [1.29, 1.82) is 0 Å². The quantitative estimate of drug-likeness (QED) is 0.579. The van der Waals surface area contributed by atoms with Crippen LogP contribution >= 0.6 is 0 Å². The van der Waals surface area contributed by atoms with E-state index in [2.05, 4.69) is 52.0 Å². The van der Waals surface area contributed by atoms with Crippen molar-refractivity contribution in [3.8, 4) is 0 Å². The van der Waals surface area contributed by atoms with Crippen molar-refractivity contribution >= 4 is 0 Å². The van der Waals surface area contributed by atoms with Crippen LogP contribution in [0.2, 0.25) is 0 Å². The highest BCUT2D eigenvalue weighted by molar-refractivity contribution is 5.32. The summed E-state index contributed by atoms with van der Waals surface area (Å²) in [5.41, 5.74) is 2.76. The molecule has 0 saturated heterocycles. The summed E-state index contributed by atoms with van der Waals surface area (Å²) in [7, 11) is 0. The molecule has 1 aromatic carbocycles. The molecule has 0 heteroatoms. The van der Waals surface area contributed by atoms with Crippen molar-refractivity contribution in [3.05, 3.63) is 41.3 Å². The van der Waals surface area contributed by atoms with Gasteiger partial charge in [-0.3, -0.25) is 0 Å². The summed E-state index contributed by atoms with van der Waals surface area (Å²) in [6.45, 7) is 8.73. The van der Waals surface area contributed by atoms with Gasteiger partial charge < -0.3 is 0 Å². The van der Waals surface area contributed by atoms with Gasteiger partial charge in [0, 0.05) is 31.9 Å². The van der Waals surface area contributed by atoms with Gasteiger partial charge in [0.15, 0.2) is 0 Å². The Bertz CT molecular complexity index is 202. The maximum Gasteiger partial charge on any atom is 0.132 e. The molecule has 0 aliphatic heterocycles. The summed E-state index contributed by atoms with van der Waals surface area (Å²) in [5.74, 6) is 2.02. The molecule has 0 aliphatic carbocycles. The van der Waals surface area contributed by atoms with Gasteiger partial charge in [-0.2, -0.15) is 0 Å². The second-order valence-electron chi connectivity index (χ2n) is 3.78. The molecule has 0 bridgehead atoms. The van der Waals surface area contributed by atoms with E-state index < -0.39 is 0 Å². The lowest BCUT2D eigenvalue weighted by Gasteiger charge is -2.02. The van der Waals surface area contributed by atoms with E-state index in [9.17, 15) is 0 Å². The molecule has 1 rings (SSSR count). The molecule has 0 N–H and O–H groups in total. The van der Waals surface area contributed by atoms with Crippen molar-refractivity contribution in [3.63, 3.8) is 0 Å². The Labute approximate surface area is 75.6 Å². The average molecular weight is 161 g/mol. The molecule has 0 amide bonds. The Morgan fingerprint density at radius 1 is 1.00 bits per heavy atom. The first kappa shape index (κ1) is 9.18. The van der Waals surface area contributed by atoms with Gasteiger partial charge in [-0.25, -0.2) is 0 Å². The molecule has 0 saturated carbocycles. The SMILES string of the molecule is C[C+](C)c1ccc(C(C)C)cc1. The van der Waals surface area contributed by atoms with E-state index in [1.165, 1.54) is 17.0 Å². The largest absolute Gasteiger partial charge is 0.132 e. The molecule has 1 aromatic rings. The van der Waals surface area contributed by atoms with Crippen LogP contribution in [0.1, 0.15) is 44.7 Å². The molecule has 12 heavy (non-hydrogen) atoms. The first-order valence-electron chi connectivity index (χ1n) is 4.51. The molecule has 0 heterocycles. The minimum atomic E-state index is 0.635. The summed E-state index contributed by atoms with van der Waals surface area (Å²) in [6.07, 6.45) is 0. The smallest absolute Gasteiger partial charge is 0.0586 e. The third-order valence-corrected chi connectivity index (χ3v) is 2.15. The Morgan fingerprint density at radius 3 is 1.83 bits per heavy atom. The summed E-state index contributed by atoms with van der Waals surface area (Å²) in [4.78, 5) is 0. The summed E-state index contributed by atoms with van der Waals surface area (Å²) in [6, 6.07) is 8.83. The summed E-state index contributed by atoms with van der Waals surface area (Å²) < 4.78 is 0. The molecule has 0 aliphatic rings. The molecule has 0 radical (unpaired) electrons. The number of rotatable bonds is 2. The summed E-state index contributed by atoms with van der Waals surface area (Å²) in [5, 5.41) is 0. The average Bonchev–Trinajstić information content (AvgIpc) is 2.04. The molecule has 0 nitrogen and oxygen atoms in total. The maximum atomic E-state index is 2.22. The zero-order valence-electron chi connectivity index (χ0n) is 8.39. The molecular weight excluding hydrogens is 144 g/mol. The predicted octanol–water partition coefficient (Wildman–Crippen LogP) is 3.77. The topological polar surface area (TPSA) is 0 Å². The van der Waals surface area contributed by atoms with E-state index in [1.807, 2.05) is 0 Å². The van der Waals surface area contributed by atoms with Gasteiger partial charge in [-0.15, -0.1) is 0 Å². The van der Waals surface area contributed by atoms with Gasteiger partial charge in [0.05, 0.1) is 0 Å². The first-order valence-corrected chi connectivity index (χ1v) is 4.51. The van der Waals surface area contributed by atoms with Crippen molar-refractivity contribution < 1.29 is 0 Å². The van der Waals surface area contributed by atoms with Crippen LogP contribution in [0, 0.1) is 5.92 Å². The van der Waals surface area contributed by atoms with Crippen molar-refractivity contribution in [2.24, 2.45) is 0 Å². The van der Waals surface area contributed by atoms with Gasteiger partial charge in [0.25, 0.3) is 0 Å². The normalized spacial score (nSPS) is 10.4. The molecule has 0 aromatic heterocycles. The zero-order valence-corrected chi connectivity index (χ0v) is 8.39. The van der Waals surface area contributed by atoms with Crippen LogP contribution in [0.4, 0.5) is 0 Å². The van der Waals surface area contributed by atoms with E-state index in [0.29, 0.717) is 5.92 Å². The fourth-order valence-corrected chi connectivity index (χ4v) is 1.20. The van der Waals surface area contributed by atoms with Gasteiger partial charge >= 0.3 is 0 Å². The highest BCUT2D eigenvalue weighted by Crippen LogP contribution is 2.18. The van der Waals surface area contributed by atoms with Crippen molar-refractivity contribution in [2.45, 2.75) is 33.6 Å². The van der Waals surface area contributed by atoms with Gasteiger partial charge in [-0.1, -0.05) is 13.8 Å². The monoisotopic (exact) mass is 161 g/mol. The standard InChI is InChI=1S/C12H17/c1-9(2)11-5-7-12(8-6-11)10(3)4/h5-9H,1-4H3/q+1. The van der Waals surface area contributed by atoms with Gasteiger partial charge in [0.1, 0.15) is 5.56 Å². The van der Waals surface area contributed by atoms with Crippen LogP contribution < -0.4 is 0 Å². The zero-order chi connectivity index (χ0) is 9.14. The van der Waals surface area contributed by atoms with Gasteiger partial charge in [-0.05, 0) is 23.6 Å². The fraction of sp³-hybridized carbons (Fsp3) is 0.417. The third kappa shape index (κ3) is 2.04. The Hall–Kier alpha value is -0.910. The van der Waals surface area contributed by atoms with E-state index >= 15 is 0 Å². The minimum Gasteiger partial charge on any atom is -0.0586 e. The van der Waals surface area contributed by atoms with Crippen LogP contribution in [0.15, 0.2) is 24.3 Å². The van der Waals surface area contributed by atoms with Crippen molar-refractivity contribution in [2.75, 3.05) is 0 Å². The Balaban J connectivity index is 2.86. The van der Waals surface area contributed by atoms with E-state index in [4.69, 9.17) is 0 Å². The maximum absolute atomic E-state index is 2.22. The second-order valence-corrected chi connectivity index (χ2v) is 3.78. The van der Waals surface area contributed by atoms with Crippen LogP contribution in [0.5, 0.6) is 0 Å². The van der Waals surface area contributed by atoms with Crippen LogP contribution in [-0.2, 0) is 0 Å². The molecule has 0 atom stereocenters. The highest BCUT2D eigenvalue weighted by Gasteiger charge is 2.07. The number of hydrogen-bond acceptors (Lipinski definition) is 0. The molecule has 0 fully saturated rings. The lowest BCUT2D eigenvalue weighted by atomic mass is 9.97. The number of hydrogen-bond donors (Lipinski definition) is 0. The van der Waals surface area contributed by atoms with Crippen molar-refractivity contribution in [1.82, 2.24) is 0 Å². The molecule has 0 spiro atoms. The molecular formula is C12H17+. The van der Waals surface area contributed by atoms with Gasteiger partial charge in [0.2, 0.25) is 0 Å². The Kier molecular flexibility index (Phi) is 2.80. The molecule has 0 unspecified atom stereocenters. The third-order valence-electron chi connectivity index (χ3n) is 2.15. The van der Waals surface area contributed by atoms with E-state index in [1.54, 1.807) is 0 Å². The first-order chi connectivity index (χ1) is 5.61. The Morgan fingerprint density at radius 2 is 1.50 bits per heavy atom. The lowest BCUT2D eigenvalue weighted by Crippen LogP contribution is -1.90. The predicted molar refractivity (Wildman–Crippen MR) is 54.2 cm³/mol. The minimum absolute atomic E-state index is 0.635. The van der Waals surface area contributed by atoms with E-state index in [0.717, 1.165) is 0 Å². The van der Waals surface area contributed by atoms with Crippen LogP contribution in [-0.4, -0.2) is 0 Å².